The van der Waals surface area contributed by atoms with E-state index in [-0.39, 0.29) is 0 Å². The molecule has 0 aromatic heterocycles. The predicted octanol–water partition coefficient (Wildman–Crippen LogP) is 3.26. The molecule has 120 valence electrons. The number of thioether (sulfide) groups is 1. The lowest BCUT2D eigenvalue weighted by Crippen LogP contribution is -2.33. The van der Waals surface area contributed by atoms with Gasteiger partial charge in [0, 0.05) is 5.75 Å². The number of aliphatic imine (C=N–C) groups is 1. The summed E-state index contributed by atoms with van der Waals surface area (Å²) in [5.41, 5.74) is 1.52. The van der Waals surface area contributed by atoms with Gasteiger partial charge >= 0.3 is 0 Å². The Hall–Kier alpha value is -2.18. The van der Waals surface area contributed by atoms with Gasteiger partial charge in [-0.25, -0.2) is 4.99 Å². The summed E-state index contributed by atoms with van der Waals surface area (Å²) in [5.74, 6) is 1.94. The molecule has 1 fully saturated rings. The molecule has 5 nitrogen and oxygen atoms in total. The van der Waals surface area contributed by atoms with Crippen LogP contribution in [0.5, 0.6) is 11.5 Å². The van der Waals surface area contributed by atoms with Crippen molar-refractivity contribution in [3.8, 4) is 11.5 Å². The highest BCUT2D eigenvalue weighted by Gasteiger charge is 2.32. The van der Waals surface area contributed by atoms with Gasteiger partial charge in [0.15, 0.2) is 5.17 Å². The van der Waals surface area contributed by atoms with Crippen LogP contribution in [-0.2, 0) is 0 Å². The minimum atomic E-state index is -0.648. The second-order valence-corrected chi connectivity index (χ2v) is 5.89. The molecule has 1 N–H and O–H groups in total. The van der Waals surface area contributed by atoms with E-state index in [1.54, 1.807) is 19.1 Å². The monoisotopic (exact) mass is 330 g/mol. The summed E-state index contributed by atoms with van der Waals surface area (Å²) >= 11 is 1.50. The standard InChI is InChI=1S/C17H18N2O3S/c1-21-14-9-5-3-7-12(14)18-17-19(16(20)11-23-17)13-8-4-6-10-15(13)22-2/h3-10,16,20H,11H2,1-2H3. The Labute approximate surface area is 139 Å². The van der Waals surface area contributed by atoms with Crippen molar-refractivity contribution in [2.45, 2.75) is 6.23 Å². The number of anilines is 1. The number of aliphatic hydroxyl groups excluding tert-OH is 1. The summed E-state index contributed by atoms with van der Waals surface area (Å²) in [5, 5.41) is 11.1. The van der Waals surface area contributed by atoms with Gasteiger partial charge in [-0.05, 0) is 24.3 Å². The fourth-order valence-electron chi connectivity index (χ4n) is 2.42. The van der Waals surface area contributed by atoms with Gasteiger partial charge in [0.2, 0.25) is 0 Å². The van der Waals surface area contributed by atoms with Gasteiger partial charge in [0.1, 0.15) is 23.4 Å². The van der Waals surface area contributed by atoms with Gasteiger partial charge in [-0.2, -0.15) is 0 Å². The first-order valence-corrected chi connectivity index (χ1v) is 8.18. The van der Waals surface area contributed by atoms with Crippen molar-refractivity contribution < 1.29 is 14.6 Å². The highest BCUT2D eigenvalue weighted by molar-refractivity contribution is 8.14. The first kappa shape index (κ1) is 15.7. The van der Waals surface area contributed by atoms with E-state index >= 15 is 0 Å². The van der Waals surface area contributed by atoms with Crippen molar-refractivity contribution in [1.29, 1.82) is 0 Å². The van der Waals surface area contributed by atoms with Crippen LogP contribution in [0, 0.1) is 0 Å². The SMILES string of the molecule is COc1ccccc1N=C1SCC(O)N1c1ccccc1OC. The zero-order valence-corrected chi connectivity index (χ0v) is 13.8. The van der Waals surface area contributed by atoms with E-state index in [1.165, 1.54) is 11.8 Å². The lowest BCUT2D eigenvalue weighted by atomic mass is 10.2. The largest absolute Gasteiger partial charge is 0.495 e. The second kappa shape index (κ2) is 6.93. The predicted molar refractivity (Wildman–Crippen MR) is 94.0 cm³/mol. The van der Waals surface area contributed by atoms with E-state index in [4.69, 9.17) is 9.47 Å². The molecule has 0 spiro atoms. The van der Waals surface area contributed by atoms with Gasteiger partial charge in [0.25, 0.3) is 0 Å². The van der Waals surface area contributed by atoms with Gasteiger partial charge in [-0.3, -0.25) is 4.90 Å². The molecule has 0 radical (unpaired) electrons. The lowest BCUT2D eigenvalue weighted by Gasteiger charge is -2.24. The van der Waals surface area contributed by atoms with Crippen molar-refractivity contribution in [2.24, 2.45) is 4.99 Å². The quantitative estimate of drug-likeness (QED) is 0.932. The molecule has 3 rings (SSSR count). The van der Waals surface area contributed by atoms with Crippen molar-refractivity contribution in [3.05, 3.63) is 48.5 Å². The third-order valence-corrected chi connectivity index (χ3v) is 4.52. The number of hydrogen-bond acceptors (Lipinski definition) is 5. The summed E-state index contributed by atoms with van der Waals surface area (Å²) < 4.78 is 10.8. The fraction of sp³-hybridized carbons (Fsp3) is 0.235. The van der Waals surface area contributed by atoms with Crippen LogP contribution in [0.4, 0.5) is 11.4 Å². The molecule has 23 heavy (non-hydrogen) atoms. The molecule has 1 aliphatic heterocycles. The fourth-order valence-corrected chi connectivity index (χ4v) is 3.39. The molecule has 2 aromatic rings. The van der Waals surface area contributed by atoms with Gasteiger partial charge in [-0.1, -0.05) is 36.0 Å². The Kier molecular flexibility index (Phi) is 4.73. The van der Waals surface area contributed by atoms with E-state index in [9.17, 15) is 5.11 Å². The molecule has 1 heterocycles. The van der Waals surface area contributed by atoms with Crippen molar-refractivity contribution in [2.75, 3.05) is 24.9 Å². The number of benzene rings is 2. The minimum Gasteiger partial charge on any atom is -0.495 e. The van der Waals surface area contributed by atoms with Crippen LogP contribution in [0.1, 0.15) is 0 Å². The van der Waals surface area contributed by atoms with Crippen LogP contribution in [0.3, 0.4) is 0 Å². The summed E-state index contributed by atoms with van der Waals surface area (Å²) in [6.07, 6.45) is -0.648. The summed E-state index contributed by atoms with van der Waals surface area (Å²) in [6, 6.07) is 15.1. The average Bonchev–Trinajstić information content (AvgIpc) is 2.95. The van der Waals surface area contributed by atoms with Crippen LogP contribution < -0.4 is 14.4 Å². The van der Waals surface area contributed by atoms with Crippen LogP contribution >= 0.6 is 11.8 Å². The molecule has 6 heteroatoms. The number of rotatable bonds is 4. The normalized spacial score (nSPS) is 19.2. The van der Waals surface area contributed by atoms with E-state index < -0.39 is 6.23 Å². The molecule has 1 saturated heterocycles. The maximum atomic E-state index is 10.4. The smallest absolute Gasteiger partial charge is 0.171 e. The zero-order valence-electron chi connectivity index (χ0n) is 13.0. The van der Waals surface area contributed by atoms with Crippen LogP contribution in [0.2, 0.25) is 0 Å². The number of methoxy groups -OCH3 is 2. The first-order chi connectivity index (χ1) is 11.2. The van der Waals surface area contributed by atoms with Crippen LogP contribution in [0.25, 0.3) is 0 Å². The third-order valence-electron chi connectivity index (χ3n) is 3.51. The first-order valence-electron chi connectivity index (χ1n) is 7.19. The molecule has 0 bridgehead atoms. The third kappa shape index (κ3) is 3.13. The number of hydrogen-bond donors (Lipinski definition) is 1. The summed E-state index contributed by atoms with van der Waals surface area (Å²) in [7, 11) is 3.24. The number of ether oxygens (including phenoxy) is 2. The molecule has 1 aliphatic rings. The van der Waals surface area contributed by atoms with Gasteiger partial charge in [0.05, 0.1) is 19.9 Å². The van der Waals surface area contributed by atoms with E-state index in [0.29, 0.717) is 22.4 Å². The lowest BCUT2D eigenvalue weighted by molar-refractivity contribution is 0.212. The Bertz CT molecular complexity index is 720. The van der Waals surface area contributed by atoms with E-state index in [0.717, 1.165) is 11.4 Å². The minimum absolute atomic E-state index is 0.548. The molecule has 0 aliphatic carbocycles. The molecule has 1 atom stereocenters. The number of para-hydroxylation sites is 4. The average molecular weight is 330 g/mol. The van der Waals surface area contributed by atoms with E-state index in [2.05, 4.69) is 4.99 Å². The Balaban J connectivity index is 2.03. The van der Waals surface area contributed by atoms with Crippen molar-refractivity contribution in [3.63, 3.8) is 0 Å². The van der Waals surface area contributed by atoms with E-state index in [1.807, 2.05) is 48.5 Å². The molecule has 1 unspecified atom stereocenters. The zero-order chi connectivity index (χ0) is 16.2. The molecule has 2 aromatic carbocycles. The highest BCUT2D eigenvalue weighted by atomic mass is 32.2. The van der Waals surface area contributed by atoms with Gasteiger partial charge in [-0.15, -0.1) is 0 Å². The van der Waals surface area contributed by atoms with Crippen molar-refractivity contribution in [1.82, 2.24) is 0 Å². The van der Waals surface area contributed by atoms with Gasteiger partial charge < -0.3 is 14.6 Å². The maximum absolute atomic E-state index is 10.4. The highest BCUT2D eigenvalue weighted by Crippen LogP contribution is 2.37. The van der Waals surface area contributed by atoms with Crippen LogP contribution in [-0.4, -0.2) is 36.5 Å². The number of amidine groups is 1. The number of nitrogens with zero attached hydrogens (tertiary/aromatic N) is 2. The summed E-state index contributed by atoms with van der Waals surface area (Å²) in [6.45, 7) is 0. The molecular weight excluding hydrogens is 312 g/mol. The topological polar surface area (TPSA) is 54.3 Å². The van der Waals surface area contributed by atoms with Crippen LogP contribution in [0.15, 0.2) is 53.5 Å². The summed E-state index contributed by atoms with van der Waals surface area (Å²) in [4.78, 5) is 6.47. The molecule has 0 amide bonds. The Morgan fingerprint density at radius 1 is 1.04 bits per heavy atom. The Morgan fingerprint density at radius 3 is 2.43 bits per heavy atom. The number of aliphatic hydroxyl groups is 1. The Morgan fingerprint density at radius 2 is 1.70 bits per heavy atom. The molecule has 0 saturated carbocycles. The second-order valence-electron chi connectivity index (χ2n) is 4.90. The van der Waals surface area contributed by atoms with Crippen molar-refractivity contribution >= 4 is 28.3 Å². The maximum Gasteiger partial charge on any atom is 0.171 e. The molecular formula is C17H18N2O3S.